The van der Waals surface area contributed by atoms with Crippen LogP contribution >= 0.6 is 0 Å². The monoisotopic (exact) mass is 207 g/mol. The van der Waals surface area contributed by atoms with Crippen molar-refractivity contribution < 1.29 is 4.79 Å². The lowest BCUT2D eigenvalue weighted by Crippen LogP contribution is -2.26. The van der Waals surface area contributed by atoms with E-state index in [1.807, 2.05) is 0 Å². The maximum Gasteiger partial charge on any atom is 0.161 e. The van der Waals surface area contributed by atoms with Crippen LogP contribution in [0.4, 0.5) is 0 Å². The molecule has 1 unspecified atom stereocenters. The molecule has 2 heteroatoms. The number of allylic oxidation sites excluding steroid dienone is 1. The fourth-order valence-electron chi connectivity index (χ4n) is 2.71. The summed E-state index contributed by atoms with van der Waals surface area (Å²) in [5, 5.41) is 0. The summed E-state index contributed by atoms with van der Waals surface area (Å²) in [5.41, 5.74) is 1.10. The Bertz CT molecular complexity index is 282. The van der Waals surface area contributed by atoms with Gasteiger partial charge in [0.15, 0.2) is 5.78 Å². The quantitative estimate of drug-likeness (QED) is 0.615. The minimum absolute atomic E-state index is 0.261. The smallest absolute Gasteiger partial charge is 0.161 e. The van der Waals surface area contributed by atoms with Gasteiger partial charge in [0, 0.05) is 12.0 Å². The molecule has 0 aromatic rings. The molecule has 0 aromatic carbocycles. The van der Waals surface area contributed by atoms with Crippen LogP contribution in [0.3, 0.4) is 0 Å². The van der Waals surface area contributed by atoms with Crippen molar-refractivity contribution in [3.8, 4) is 0 Å². The number of likely N-dealkylation sites (N-methyl/N-ethyl adjacent to an activating group) is 1. The van der Waals surface area contributed by atoms with E-state index in [1.54, 1.807) is 0 Å². The van der Waals surface area contributed by atoms with Gasteiger partial charge in [0.1, 0.15) is 0 Å². The van der Waals surface area contributed by atoms with E-state index >= 15 is 0 Å². The zero-order chi connectivity index (χ0) is 10.8. The molecule has 0 bridgehead atoms. The van der Waals surface area contributed by atoms with Gasteiger partial charge in [-0.15, -0.1) is 0 Å². The van der Waals surface area contributed by atoms with Gasteiger partial charge in [-0.2, -0.15) is 0 Å². The zero-order valence-corrected chi connectivity index (χ0v) is 9.83. The Labute approximate surface area is 92.3 Å². The van der Waals surface area contributed by atoms with Gasteiger partial charge in [0.25, 0.3) is 0 Å². The Morgan fingerprint density at radius 1 is 1.33 bits per heavy atom. The molecule has 84 valence electrons. The van der Waals surface area contributed by atoms with Gasteiger partial charge in [-0.25, -0.2) is 0 Å². The highest BCUT2D eigenvalue weighted by Gasteiger charge is 2.25. The second-order valence-corrected chi connectivity index (χ2v) is 5.04. The van der Waals surface area contributed by atoms with Crippen molar-refractivity contribution in [2.45, 2.75) is 45.1 Å². The van der Waals surface area contributed by atoms with Gasteiger partial charge >= 0.3 is 0 Å². The minimum atomic E-state index is 0.261. The van der Waals surface area contributed by atoms with Gasteiger partial charge < -0.3 is 0 Å². The number of carbonyl (C=O) groups excluding carboxylic acids is 1. The van der Waals surface area contributed by atoms with E-state index in [2.05, 4.69) is 24.9 Å². The summed E-state index contributed by atoms with van der Waals surface area (Å²) in [6.07, 6.45) is 8.01. The van der Waals surface area contributed by atoms with Crippen molar-refractivity contribution in [2.75, 3.05) is 13.6 Å². The van der Waals surface area contributed by atoms with Crippen molar-refractivity contribution in [2.24, 2.45) is 5.92 Å². The minimum Gasteiger partial charge on any atom is -0.300 e. The molecular weight excluding hydrogens is 186 g/mol. The SMILES string of the molecule is CC1CCC/C(=C\[C@@H]2CCCN2C)C1=O. The molecule has 0 N–H and O–H groups in total. The van der Waals surface area contributed by atoms with E-state index < -0.39 is 0 Å². The number of likely N-dealkylation sites (tertiary alicyclic amines) is 1. The zero-order valence-electron chi connectivity index (χ0n) is 9.83. The van der Waals surface area contributed by atoms with Crippen molar-refractivity contribution >= 4 is 5.78 Å². The Hall–Kier alpha value is -0.630. The van der Waals surface area contributed by atoms with E-state index in [9.17, 15) is 4.79 Å². The van der Waals surface area contributed by atoms with Crippen molar-refractivity contribution in [1.82, 2.24) is 4.90 Å². The molecule has 1 heterocycles. The summed E-state index contributed by atoms with van der Waals surface area (Å²) in [5.74, 6) is 0.665. The van der Waals surface area contributed by atoms with Crippen LogP contribution < -0.4 is 0 Å². The van der Waals surface area contributed by atoms with Crippen LogP contribution in [0.15, 0.2) is 11.6 Å². The lowest BCUT2D eigenvalue weighted by molar-refractivity contribution is -0.120. The summed E-state index contributed by atoms with van der Waals surface area (Å²) in [6, 6.07) is 0.522. The van der Waals surface area contributed by atoms with E-state index in [0.717, 1.165) is 18.4 Å². The topological polar surface area (TPSA) is 20.3 Å². The van der Waals surface area contributed by atoms with Crippen LogP contribution in [0.5, 0.6) is 0 Å². The summed E-state index contributed by atoms with van der Waals surface area (Å²) in [4.78, 5) is 14.3. The highest BCUT2D eigenvalue weighted by molar-refractivity contribution is 5.97. The number of carbonyl (C=O) groups is 1. The maximum atomic E-state index is 11.9. The summed E-state index contributed by atoms with van der Waals surface area (Å²) >= 11 is 0. The first-order valence-corrected chi connectivity index (χ1v) is 6.13. The van der Waals surface area contributed by atoms with Crippen molar-refractivity contribution in [3.63, 3.8) is 0 Å². The molecule has 2 atom stereocenters. The Morgan fingerprint density at radius 2 is 2.13 bits per heavy atom. The lowest BCUT2D eigenvalue weighted by Gasteiger charge is -2.22. The van der Waals surface area contributed by atoms with Crippen LogP contribution in [-0.4, -0.2) is 30.3 Å². The van der Waals surface area contributed by atoms with Gasteiger partial charge in [-0.3, -0.25) is 9.69 Å². The second-order valence-electron chi connectivity index (χ2n) is 5.04. The summed E-state index contributed by atoms with van der Waals surface area (Å²) in [7, 11) is 2.16. The molecule has 2 aliphatic rings. The largest absolute Gasteiger partial charge is 0.300 e. The molecular formula is C13H21NO. The number of ketones is 1. The fourth-order valence-corrected chi connectivity index (χ4v) is 2.71. The highest BCUT2D eigenvalue weighted by Crippen LogP contribution is 2.27. The van der Waals surface area contributed by atoms with Gasteiger partial charge in [-0.05, 0) is 51.3 Å². The number of hydrogen-bond donors (Lipinski definition) is 0. The van der Waals surface area contributed by atoms with Crippen LogP contribution in [0, 0.1) is 5.92 Å². The molecule has 1 aliphatic carbocycles. The predicted octanol–water partition coefficient (Wildman–Crippen LogP) is 2.40. The summed E-state index contributed by atoms with van der Waals surface area (Å²) in [6.45, 7) is 3.24. The van der Waals surface area contributed by atoms with Crippen molar-refractivity contribution in [1.29, 1.82) is 0 Å². The van der Waals surface area contributed by atoms with Crippen LogP contribution in [-0.2, 0) is 4.79 Å². The van der Waals surface area contributed by atoms with E-state index in [4.69, 9.17) is 0 Å². The predicted molar refractivity (Wildman–Crippen MR) is 61.8 cm³/mol. The molecule has 0 amide bonds. The molecule has 1 aliphatic heterocycles. The third-order valence-corrected chi connectivity index (χ3v) is 3.82. The van der Waals surface area contributed by atoms with E-state index in [-0.39, 0.29) is 5.92 Å². The molecule has 0 aromatic heterocycles. The van der Waals surface area contributed by atoms with E-state index in [0.29, 0.717) is 11.8 Å². The highest BCUT2D eigenvalue weighted by atomic mass is 16.1. The maximum absolute atomic E-state index is 11.9. The molecule has 2 nitrogen and oxygen atoms in total. The standard InChI is InChI=1S/C13H21NO/c1-10-5-3-6-11(13(10)15)9-12-7-4-8-14(12)2/h9-10,12H,3-8H2,1-2H3/b11-9+/t10?,12-/m0/s1. The number of Topliss-reactive ketones (excluding diaryl/α,β-unsaturated/α-hetero) is 1. The molecule has 1 saturated carbocycles. The molecule has 1 saturated heterocycles. The van der Waals surface area contributed by atoms with Crippen LogP contribution in [0.1, 0.15) is 39.0 Å². The molecule has 0 spiro atoms. The first-order valence-electron chi connectivity index (χ1n) is 6.13. The van der Waals surface area contributed by atoms with Crippen LogP contribution in [0.25, 0.3) is 0 Å². The Morgan fingerprint density at radius 3 is 2.80 bits per heavy atom. The Kier molecular flexibility index (Phi) is 3.25. The first kappa shape index (κ1) is 10.9. The first-order chi connectivity index (χ1) is 7.18. The number of hydrogen-bond acceptors (Lipinski definition) is 2. The van der Waals surface area contributed by atoms with Gasteiger partial charge in [0.2, 0.25) is 0 Å². The van der Waals surface area contributed by atoms with E-state index in [1.165, 1.54) is 25.8 Å². The van der Waals surface area contributed by atoms with Gasteiger partial charge in [-0.1, -0.05) is 13.0 Å². The molecule has 15 heavy (non-hydrogen) atoms. The third-order valence-electron chi connectivity index (χ3n) is 3.82. The van der Waals surface area contributed by atoms with Crippen molar-refractivity contribution in [3.05, 3.63) is 11.6 Å². The third kappa shape index (κ3) is 2.31. The number of rotatable bonds is 1. The second kappa shape index (κ2) is 4.48. The summed E-state index contributed by atoms with van der Waals surface area (Å²) < 4.78 is 0. The molecule has 0 radical (unpaired) electrons. The van der Waals surface area contributed by atoms with Crippen LogP contribution in [0.2, 0.25) is 0 Å². The Balaban J connectivity index is 2.08. The average molecular weight is 207 g/mol. The average Bonchev–Trinajstić information content (AvgIpc) is 2.60. The lowest BCUT2D eigenvalue weighted by atomic mass is 9.84. The molecule has 2 fully saturated rings. The number of nitrogens with zero attached hydrogens (tertiary/aromatic N) is 1. The molecule has 2 rings (SSSR count). The normalized spacial score (nSPS) is 36.4. The fraction of sp³-hybridized carbons (Fsp3) is 0.769. The van der Waals surface area contributed by atoms with Gasteiger partial charge in [0.05, 0.1) is 0 Å².